The summed E-state index contributed by atoms with van der Waals surface area (Å²) in [4.78, 5) is 12.0. The average molecular weight is 443 g/mol. The molecule has 0 saturated carbocycles. The quantitative estimate of drug-likeness (QED) is 0.440. The predicted molar refractivity (Wildman–Crippen MR) is 87.8 cm³/mol. The first-order valence-corrected chi connectivity index (χ1v) is 7.40. The highest BCUT2D eigenvalue weighted by Crippen LogP contribution is 2.17. The molecule has 0 unspecified atom stereocenters. The molecule has 0 aliphatic carbocycles. The summed E-state index contributed by atoms with van der Waals surface area (Å²) in [6.45, 7) is 0. The molecule has 0 saturated heterocycles. The maximum atomic E-state index is 12.0. The van der Waals surface area contributed by atoms with Crippen LogP contribution in [0.15, 0.2) is 50.9 Å². The largest absolute Gasteiger partial charge is 0.451 e. The van der Waals surface area contributed by atoms with Gasteiger partial charge in [-0.25, -0.2) is 0 Å². The molecular formula is C14H8BrIN2O2. The van der Waals surface area contributed by atoms with Crippen molar-refractivity contribution in [3.05, 3.63) is 56.0 Å². The number of rotatable bonds is 3. The molecule has 4 nitrogen and oxygen atoms in total. The minimum atomic E-state index is -0.475. The smallest absolute Gasteiger partial charge is 0.266 e. The van der Waals surface area contributed by atoms with Gasteiger partial charge in [0.15, 0.2) is 3.77 Å². The minimum absolute atomic E-state index is 0.0178. The molecular weight excluding hydrogens is 435 g/mol. The second-order valence-corrected chi connectivity index (χ2v) is 5.76. The molecule has 0 fully saturated rings. The van der Waals surface area contributed by atoms with Crippen LogP contribution in [0.3, 0.4) is 0 Å². The van der Waals surface area contributed by atoms with E-state index in [2.05, 4.69) is 21.2 Å². The van der Waals surface area contributed by atoms with Crippen molar-refractivity contribution in [2.75, 3.05) is 5.32 Å². The maximum absolute atomic E-state index is 12.0. The number of hydrogen-bond donors (Lipinski definition) is 1. The molecule has 0 atom stereocenters. The molecule has 0 radical (unpaired) electrons. The molecule has 1 aromatic heterocycles. The lowest BCUT2D eigenvalue weighted by Gasteiger charge is -2.04. The molecule has 0 aliphatic heterocycles. The van der Waals surface area contributed by atoms with Crippen molar-refractivity contribution >= 4 is 56.2 Å². The van der Waals surface area contributed by atoms with Gasteiger partial charge in [-0.15, -0.1) is 0 Å². The zero-order chi connectivity index (χ0) is 14.5. The van der Waals surface area contributed by atoms with Gasteiger partial charge in [0.25, 0.3) is 5.91 Å². The van der Waals surface area contributed by atoms with E-state index in [1.807, 2.05) is 34.7 Å². The first-order valence-electron chi connectivity index (χ1n) is 5.52. The molecule has 2 rings (SSSR count). The van der Waals surface area contributed by atoms with Crippen molar-refractivity contribution in [3.8, 4) is 6.07 Å². The van der Waals surface area contributed by atoms with Crippen LogP contribution in [0.25, 0.3) is 6.08 Å². The average Bonchev–Trinajstić information content (AvgIpc) is 2.81. The Hall–Kier alpha value is -1.59. The number of nitrogens with zero attached hydrogens (tertiary/aromatic N) is 1. The lowest BCUT2D eigenvalue weighted by molar-refractivity contribution is -0.112. The van der Waals surface area contributed by atoms with E-state index in [1.54, 1.807) is 30.3 Å². The molecule has 0 bridgehead atoms. The van der Waals surface area contributed by atoms with E-state index in [0.717, 1.165) is 4.47 Å². The van der Waals surface area contributed by atoms with Crippen LogP contribution in [0.1, 0.15) is 5.76 Å². The fourth-order valence-corrected chi connectivity index (χ4v) is 2.29. The summed E-state index contributed by atoms with van der Waals surface area (Å²) in [7, 11) is 0. The molecule has 0 spiro atoms. The van der Waals surface area contributed by atoms with Crippen molar-refractivity contribution in [1.29, 1.82) is 5.26 Å². The fraction of sp³-hybridized carbons (Fsp3) is 0. The normalized spacial score (nSPS) is 10.9. The summed E-state index contributed by atoms with van der Waals surface area (Å²) in [5, 5.41) is 11.7. The molecule has 1 amide bonds. The number of halogens is 2. The van der Waals surface area contributed by atoms with Gasteiger partial charge >= 0.3 is 0 Å². The van der Waals surface area contributed by atoms with Crippen LogP contribution in [0.4, 0.5) is 5.69 Å². The number of furan rings is 1. The number of nitrogens with one attached hydrogen (secondary N) is 1. The van der Waals surface area contributed by atoms with E-state index in [4.69, 9.17) is 9.68 Å². The molecule has 6 heteroatoms. The Morgan fingerprint density at radius 2 is 2.20 bits per heavy atom. The molecule has 0 aliphatic rings. The van der Waals surface area contributed by atoms with Crippen LogP contribution >= 0.6 is 38.5 Å². The Labute approximate surface area is 137 Å². The third kappa shape index (κ3) is 3.95. The Kier molecular flexibility index (Phi) is 4.98. The highest BCUT2D eigenvalue weighted by molar-refractivity contribution is 14.1. The summed E-state index contributed by atoms with van der Waals surface area (Å²) >= 11 is 5.33. The van der Waals surface area contributed by atoms with E-state index < -0.39 is 5.91 Å². The number of carbonyl (C=O) groups is 1. The van der Waals surface area contributed by atoms with Crippen LogP contribution in [-0.2, 0) is 4.79 Å². The highest BCUT2D eigenvalue weighted by Gasteiger charge is 2.10. The van der Waals surface area contributed by atoms with Crippen LogP contribution in [0.2, 0.25) is 0 Å². The van der Waals surface area contributed by atoms with Gasteiger partial charge in [-0.3, -0.25) is 4.79 Å². The fourth-order valence-electron chi connectivity index (χ4n) is 1.46. The van der Waals surface area contributed by atoms with Crippen molar-refractivity contribution in [2.45, 2.75) is 0 Å². The number of amides is 1. The monoisotopic (exact) mass is 442 g/mol. The van der Waals surface area contributed by atoms with Crippen LogP contribution in [-0.4, -0.2) is 5.91 Å². The van der Waals surface area contributed by atoms with Crippen LogP contribution < -0.4 is 5.32 Å². The number of benzene rings is 1. The van der Waals surface area contributed by atoms with E-state index in [-0.39, 0.29) is 5.57 Å². The van der Waals surface area contributed by atoms with Crippen molar-refractivity contribution in [1.82, 2.24) is 0 Å². The summed E-state index contributed by atoms with van der Waals surface area (Å²) < 4.78 is 6.85. The molecule has 1 aromatic carbocycles. The van der Waals surface area contributed by atoms with E-state index in [9.17, 15) is 4.79 Å². The number of carbonyl (C=O) groups excluding carboxylic acids is 1. The van der Waals surface area contributed by atoms with Crippen LogP contribution in [0.5, 0.6) is 0 Å². The molecule has 1 heterocycles. The maximum Gasteiger partial charge on any atom is 0.266 e. The molecule has 20 heavy (non-hydrogen) atoms. The Bertz CT molecular complexity index is 716. The highest BCUT2D eigenvalue weighted by atomic mass is 127. The molecule has 1 N–H and O–H groups in total. The van der Waals surface area contributed by atoms with E-state index in [0.29, 0.717) is 15.2 Å². The first kappa shape index (κ1) is 14.8. The summed E-state index contributed by atoms with van der Waals surface area (Å²) in [6, 6.07) is 12.5. The van der Waals surface area contributed by atoms with Crippen molar-refractivity contribution < 1.29 is 9.21 Å². The van der Waals surface area contributed by atoms with Gasteiger partial charge in [-0.05, 0) is 52.9 Å². The topological polar surface area (TPSA) is 66.0 Å². The van der Waals surface area contributed by atoms with Gasteiger partial charge in [0.2, 0.25) is 0 Å². The number of anilines is 1. The van der Waals surface area contributed by atoms with Crippen molar-refractivity contribution in [3.63, 3.8) is 0 Å². The number of hydrogen-bond acceptors (Lipinski definition) is 3. The Morgan fingerprint density at radius 1 is 1.40 bits per heavy atom. The lowest BCUT2D eigenvalue weighted by Crippen LogP contribution is -2.13. The minimum Gasteiger partial charge on any atom is -0.451 e. The third-order valence-electron chi connectivity index (χ3n) is 2.33. The summed E-state index contributed by atoms with van der Waals surface area (Å²) in [5.41, 5.74) is 0.593. The Balaban J connectivity index is 2.18. The molecule has 100 valence electrons. The van der Waals surface area contributed by atoms with Gasteiger partial charge in [-0.2, -0.15) is 5.26 Å². The second kappa shape index (κ2) is 6.72. The van der Waals surface area contributed by atoms with E-state index >= 15 is 0 Å². The van der Waals surface area contributed by atoms with Crippen molar-refractivity contribution in [2.24, 2.45) is 0 Å². The lowest BCUT2D eigenvalue weighted by atomic mass is 10.2. The van der Waals surface area contributed by atoms with Gasteiger partial charge in [0.05, 0.1) is 0 Å². The van der Waals surface area contributed by atoms with Crippen LogP contribution in [0, 0.1) is 15.1 Å². The zero-order valence-electron chi connectivity index (χ0n) is 10.1. The third-order valence-corrected chi connectivity index (χ3v) is 3.40. The predicted octanol–water partition coefficient (Wildman–Crippen LogP) is 4.19. The number of nitriles is 1. The molecule has 2 aromatic rings. The standard InChI is InChI=1S/C14H8BrIN2O2/c15-10-2-1-3-11(7-10)18-14(19)9(8-17)6-12-4-5-13(16)20-12/h1-7H,(H,18,19)/b9-6-. The Morgan fingerprint density at radius 3 is 2.80 bits per heavy atom. The van der Waals surface area contributed by atoms with E-state index in [1.165, 1.54) is 6.08 Å². The SMILES string of the molecule is N#C/C(=C/c1ccc(I)o1)C(=O)Nc1cccc(Br)c1. The van der Waals surface area contributed by atoms with Gasteiger partial charge in [0.1, 0.15) is 17.4 Å². The zero-order valence-corrected chi connectivity index (χ0v) is 13.8. The summed E-state index contributed by atoms with van der Waals surface area (Å²) in [6.07, 6.45) is 1.41. The van der Waals surface area contributed by atoms with Gasteiger partial charge < -0.3 is 9.73 Å². The van der Waals surface area contributed by atoms with Gasteiger partial charge in [-0.1, -0.05) is 22.0 Å². The second-order valence-electron chi connectivity index (χ2n) is 3.78. The first-order chi connectivity index (χ1) is 9.58. The van der Waals surface area contributed by atoms with Gasteiger partial charge in [0, 0.05) is 16.2 Å². The summed E-state index contributed by atoms with van der Waals surface area (Å²) in [5.74, 6) is -0.00708.